The van der Waals surface area contributed by atoms with Crippen LogP contribution in [0.4, 0.5) is 4.79 Å². The van der Waals surface area contributed by atoms with Crippen LogP contribution in [0.3, 0.4) is 0 Å². The molecule has 3 amide bonds. The Morgan fingerprint density at radius 1 is 0.900 bits per heavy atom. The van der Waals surface area contributed by atoms with Gasteiger partial charge < -0.3 is 25.4 Å². The first kappa shape index (κ1) is 30.2. The zero-order valence-corrected chi connectivity index (χ0v) is 24.0. The number of carbonyl (C=O) groups is 3. The Balaban J connectivity index is 1.95. The third-order valence-electron chi connectivity index (χ3n) is 6.60. The number of phenolic OH excluding ortho intramolecular Hbond substituents is 1. The number of benzene rings is 3. The van der Waals surface area contributed by atoms with Crippen LogP contribution in [-0.4, -0.2) is 46.6 Å². The van der Waals surface area contributed by atoms with Crippen molar-refractivity contribution in [2.24, 2.45) is 0 Å². The number of alkyl carbamates (subject to hydrolysis) is 1. The second kappa shape index (κ2) is 13.2. The minimum absolute atomic E-state index is 0.0916. The molecule has 3 aromatic carbocycles. The number of rotatable bonds is 9. The van der Waals surface area contributed by atoms with Gasteiger partial charge in [0.05, 0.1) is 0 Å². The number of amides is 3. The van der Waals surface area contributed by atoms with E-state index in [9.17, 15) is 19.5 Å². The van der Waals surface area contributed by atoms with Gasteiger partial charge in [0.15, 0.2) is 0 Å². The summed E-state index contributed by atoms with van der Waals surface area (Å²) >= 11 is 0. The van der Waals surface area contributed by atoms with Gasteiger partial charge in [-0.15, -0.1) is 0 Å². The molecule has 3 rings (SSSR count). The summed E-state index contributed by atoms with van der Waals surface area (Å²) in [5.74, 6) is -0.706. The van der Waals surface area contributed by atoms with Gasteiger partial charge >= 0.3 is 6.09 Å². The van der Waals surface area contributed by atoms with E-state index in [1.807, 2.05) is 62.4 Å². The van der Waals surface area contributed by atoms with Crippen LogP contribution in [0, 0.1) is 13.8 Å². The highest BCUT2D eigenvalue weighted by molar-refractivity contribution is 5.92. The van der Waals surface area contributed by atoms with Crippen molar-refractivity contribution in [1.82, 2.24) is 15.5 Å². The van der Waals surface area contributed by atoms with Crippen molar-refractivity contribution in [3.8, 4) is 5.75 Å². The first-order chi connectivity index (χ1) is 18.9. The summed E-state index contributed by atoms with van der Waals surface area (Å²) in [6.07, 6.45) is -0.608. The smallest absolute Gasteiger partial charge is 0.408 e. The zero-order valence-electron chi connectivity index (χ0n) is 24.0. The minimum Gasteiger partial charge on any atom is -0.508 e. The van der Waals surface area contributed by atoms with Crippen molar-refractivity contribution in [2.75, 3.05) is 7.05 Å². The molecule has 0 aliphatic rings. The van der Waals surface area contributed by atoms with Gasteiger partial charge in [0.1, 0.15) is 23.4 Å². The molecule has 40 heavy (non-hydrogen) atoms. The molecule has 0 saturated carbocycles. The van der Waals surface area contributed by atoms with Crippen molar-refractivity contribution >= 4 is 17.9 Å². The average Bonchev–Trinajstić information content (AvgIpc) is 2.90. The Morgan fingerprint density at radius 2 is 1.55 bits per heavy atom. The van der Waals surface area contributed by atoms with Gasteiger partial charge in [-0.2, -0.15) is 0 Å². The lowest BCUT2D eigenvalue weighted by Crippen LogP contribution is -2.52. The fourth-order valence-electron chi connectivity index (χ4n) is 4.37. The monoisotopic (exact) mass is 545 g/mol. The molecule has 0 bridgehead atoms. The number of nitrogens with zero attached hydrogens (tertiary/aromatic N) is 1. The molecule has 3 N–H and O–H groups in total. The molecule has 212 valence electrons. The van der Waals surface area contributed by atoms with E-state index >= 15 is 0 Å². The summed E-state index contributed by atoms with van der Waals surface area (Å²) < 4.78 is 5.43. The van der Waals surface area contributed by atoms with Crippen molar-refractivity contribution in [3.05, 3.63) is 101 Å². The van der Waals surface area contributed by atoms with Gasteiger partial charge in [-0.1, -0.05) is 60.7 Å². The number of carbonyl (C=O) groups excluding carboxylic acids is 3. The lowest BCUT2D eigenvalue weighted by molar-refractivity contribution is -0.140. The van der Waals surface area contributed by atoms with Crippen molar-refractivity contribution in [3.63, 3.8) is 0 Å². The second-order valence-electron chi connectivity index (χ2n) is 10.9. The topological polar surface area (TPSA) is 108 Å². The molecule has 2 atom stereocenters. The van der Waals surface area contributed by atoms with Crippen LogP contribution in [0.1, 0.15) is 54.6 Å². The Labute approximate surface area is 236 Å². The maximum Gasteiger partial charge on any atom is 0.408 e. The van der Waals surface area contributed by atoms with Gasteiger partial charge in [-0.25, -0.2) is 4.79 Å². The zero-order chi connectivity index (χ0) is 29.4. The van der Waals surface area contributed by atoms with Gasteiger partial charge in [0.25, 0.3) is 0 Å². The number of phenols is 1. The third-order valence-corrected chi connectivity index (χ3v) is 6.60. The number of hydrogen-bond donors (Lipinski definition) is 3. The van der Waals surface area contributed by atoms with Gasteiger partial charge in [0, 0.05) is 20.0 Å². The molecule has 0 spiro atoms. The summed E-state index contributed by atoms with van der Waals surface area (Å²) in [7, 11) is 1.57. The summed E-state index contributed by atoms with van der Waals surface area (Å²) in [5.41, 5.74) is 3.48. The van der Waals surface area contributed by atoms with Crippen LogP contribution >= 0.6 is 0 Å². The number of likely N-dealkylation sites (N-methyl/N-ethyl adjacent to an activating group) is 1. The summed E-state index contributed by atoms with van der Waals surface area (Å²) in [6, 6.07) is 19.6. The predicted molar refractivity (Wildman–Crippen MR) is 155 cm³/mol. The lowest BCUT2D eigenvalue weighted by atomic mass is 9.95. The highest BCUT2D eigenvalue weighted by Gasteiger charge is 2.35. The molecule has 0 heterocycles. The number of aromatic hydroxyl groups is 1. The van der Waals surface area contributed by atoms with E-state index in [1.54, 1.807) is 40.0 Å². The molecular formula is C32H39N3O5. The highest BCUT2D eigenvalue weighted by atomic mass is 16.6. The molecule has 8 heteroatoms. The van der Waals surface area contributed by atoms with Crippen LogP contribution in [-0.2, 0) is 27.3 Å². The SMILES string of the molecule is Cc1cccc(C(C(=O)NCc2ccccc2)N(C)C(=O)C(Cc2ccc(O)cc2)NC(=O)OC(C)(C)C)c1C. The summed E-state index contributed by atoms with van der Waals surface area (Å²) in [5, 5.41) is 15.4. The predicted octanol–water partition coefficient (Wildman–Crippen LogP) is 4.96. The fraction of sp³-hybridized carbons (Fsp3) is 0.344. The van der Waals surface area contributed by atoms with E-state index in [2.05, 4.69) is 10.6 Å². The van der Waals surface area contributed by atoms with Crippen molar-refractivity contribution in [1.29, 1.82) is 0 Å². The molecule has 0 radical (unpaired) electrons. The molecule has 8 nitrogen and oxygen atoms in total. The van der Waals surface area contributed by atoms with Crippen LogP contribution in [0.2, 0.25) is 0 Å². The first-order valence-corrected chi connectivity index (χ1v) is 13.3. The molecule has 0 saturated heterocycles. The van der Waals surface area contributed by atoms with Gasteiger partial charge in [0.2, 0.25) is 11.8 Å². The summed E-state index contributed by atoms with van der Waals surface area (Å²) in [6.45, 7) is 9.40. The molecular weight excluding hydrogens is 506 g/mol. The maximum absolute atomic E-state index is 14.0. The van der Waals surface area contributed by atoms with Crippen LogP contribution < -0.4 is 10.6 Å². The Kier molecular flexibility index (Phi) is 9.93. The van der Waals surface area contributed by atoms with Crippen molar-refractivity contribution in [2.45, 2.75) is 65.3 Å². The van der Waals surface area contributed by atoms with Crippen molar-refractivity contribution < 1.29 is 24.2 Å². The van der Waals surface area contributed by atoms with Gasteiger partial charge in [-0.3, -0.25) is 9.59 Å². The lowest BCUT2D eigenvalue weighted by Gasteiger charge is -2.32. The fourth-order valence-corrected chi connectivity index (χ4v) is 4.37. The number of ether oxygens (including phenoxy) is 1. The Morgan fingerprint density at radius 3 is 2.17 bits per heavy atom. The number of hydrogen-bond acceptors (Lipinski definition) is 5. The molecule has 0 fully saturated rings. The normalized spacial score (nSPS) is 12.7. The number of nitrogens with one attached hydrogen (secondary N) is 2. The van der Waals surface area contributed by atoms with E-state index in [-0.39, 0.29) is 18.1 Å². The first-order valence-electron chi connectivity index (χ1n) is 13.3. The van der Waals surface area contributed by atoms with E-state index in [0.717, 1.165) is 22.3 Å². The minimum atomic E-state index is -1.03. The highest BCUT2D eigenvalue weighted by Crippen LogP contribution is 2.27. The van der Waals surface area contributed by atoms with Gasteiger partial charge in [-0.05, 0) is 74.6 Å². The largest absolute Gasteiger partial charge is 0.508 e. The quantitative estimate of drug-likeness (QED) is 0.352. The number of aryl methyl sites for hydroxylation is 1. The standard InChI is InChI=1S/C32H39N3O5/c1-21-11-10-14-26(22(21)2)28(29(37)33-20-24-12-8-7-9-13-24)35(6)30(38)27(34-31(39)40-32(3,4)5)19-23-15-17-25(36)18-16-23/h7-18,27-28,36H,19-20H2,1-6H3,(H,33,37)(H,34,39). The van der Waals surface area contributed by atoms with E-state index in [0.29, 0.717) is 12.1 Å². The van der Waals surface area contributed by atoms with E-state index < -0.39 is 29.7 Å². The average molecular weight is 546 g/mol. The molecule has 0 aliphatic heterocycles. The van der Waals surface area contributed by atoms with Crippen LogP contribution in [0.5, 0.6) is 5.75 Å². The molecule has 0 aromatic heterocycles. The molecule has 2 unspecified atom stereocenters. The second-order valence-corrected chi connectivity index (χ2v) is 10.9. The van der Waals surface area contributed by atoms with E-state index in [4.69, 9.17) is 4.74 Å². The molecule has 3 aromatic rings. The Hall–Kier alpha value is -4.33. The van der Waals surface area contributed by atoms with Crippen LogP contribution in [0.15, 0.2) is 72.8 Å². The summed E-state index contributed by atoms with van der Waals surface area (Å²) in [4.78, 5) is 41.9. The third kappa shape index (κ3) is 8.33. The van der Waals surface area contributed by atoms with Crippen LogP contribution in [0.25, 0.3) is 0 Å². The maximum atomic E-state index is 14.0. The molecule has 0 aliphatic carbocycles. The Bertz CT molecular complexity index is 1320. The van der Waals surface area contributed by atoms with E-state index in [1.165, 1.54) is 17.0 Å².